The smallest absolute Gasteiger partial charge is 0.305 e. The molecular formula is C18H14FN5O2. The lowest BCUT2D eigenvalue weighted by molar-refractivity contribution is -0.136. The lowest BCUT2D eigenvalue weighted by Crippen LogP contribution is -2.09. The average molecular weight is 351 g/mol. The van der Waals surface area contributed by atoms with E-state index in [4.69, 9.17) is 5.11 Å². The summed E-state index contributed by atoms with van der Waals surface area (Å²) in [6, 6.07) is 8.80. The molecule has 3 aromatic heterocycles. The summed E-state index contributed by atoms with van der Waals surface area (Å²) >= 11 is 0. The molecule has 1 aromatic carbocycles. The number of H-pyrrole nitrogens is 1. The van der Waals surface area contributed by atoms with Crippen LogP contribution in [0.15, 0.2) is 42.7 Å². The predicted molar refractivity (Wildman–Crippen MR) is 95.3 cm³/mol. The summed E-state index contributed by atoms with van der Waals surface area (Å²) in [5.74, 6) is -0.404. The van der Waals surface area contributed by atoms with Gasteiger partial charge >= 0.3 is 5.97 Å². The molecule has 130 valence electrons. The summed E-state index contributed by atoms with van der Waals surface area (Å²) in [5, 5.41) is 13.2. The van der Waals surface area contributed by atoms with Gasteiger partial charge in [0.1, 0.15) is 17.3 Å². The van der Waals surface area contributed by atoms with Crippen LogP contribution in [0.25, 0.3) is 33.3 Å². The van der Waals surface area contributed by atoms with E-state index in [1.165, 1.54) is 6.07 Å². The van der Waals surface area contributed by atoms with Crippen LogP contribution in [0, 0.1) is 5.82 Å². The van der Waals surface area contributed by atoms with Gasteiger partial charge in [0.25, 0.3) is 0 Å². The minimum absolute atomic E-state index is 0.0319. The molecule has 0 bridgehead atoms. The SMILES string of the molecule is O=C(O)CCNc1nc(-c2c[nH]c3ncc(F)cc23)nc2ccccc12. The minimum Gasteiger partial charge on any atom is -0.481 e. The number of aromatic amines is 1. The minimum atomic E-state index is -0.894. The second kappa shape index (κ2) is 6.40. The first kappa shape index (κ1) is 15.9. The molecule has 0 saturated carbocycles. The molecule has 0 unspecified atom stereocenters. The second-order valence-corrected chi connectivity index (χ2v) is 5.74. The number of aromatic nitrogens is 4. The largest absolute Gasteiger partial charge is 0.481 e. The molecule has 0 saturated heterocycles. The zero-order valence-corrected chi connectivity index (χ0v) is 13.5. The number of para-hydroxylation sites is 1. The van der Waals surface area contributed by atoms with Gasteiger partial charge in [0.15, 0.2) is 5.82 Å². The number of carboxylic acids is 1. The summed E-state index contributed by atoms with van der Waals surface area (Å²) in [6.45, 7) is 0.236. The number of hydrogen-bond donors (Lipinski definition) is 3. The van der Waals surface area contributed by atoms with Crippen molar-refractivity contribution in [3.63, 3.8) is 0 Å². The second-order valence-electron chi connectivity index (χ2n) is 5.74. The Labute approximate surface area is 146 Å². The number of carboxylic acid groups (broad SMARTS) is 1. The zero-order chi connectivity index (χ0) is 18.1. The summed E-state index contributed by atoms with van der Waals surface area (Å²) in [4.78, 5) is 26.9. The zero-order valence-electron chi connectivity index (χ0n) is 13.5. The monoisotopic (exact) mass is 351 g/mol. The Balaban J connectivity index is 1.84. The number of pyridine rings is 1. The van der Waals surface area contributed by atoms with Gasteiger partial charge in [0, 0.05) is 29.1 Å². The van der Waals surface area contributed by atoms with Crippen LogP contribution >= 0.6 is 0 Å². The molecule has 0 spiro atoms. The fourth-order valence-corrected chi connectivity index (χ4v) is 2.78. The van der Waals surface area contributed by atoms with Gasteiger partial charge in [-0.25, -0.2) is 19.3 Å². The molecule has 0 aliphatic carbocycles. The fraction of sp³-hybridized carbons (Fsp3) is 0.111. The van der Waals surface area contributed by atoms with Crippen molar-refractivity contribution >= 4 is 33.7 Å². The van der Waals surface area contributed by atoms with Crippen molar-refractivity contribution in [1.29, 1.82) is 0 Å². The highest BCUT2D eigenvalue weighted by molar-refractivity contribution is 5.95. The third kappa shape index (κ3) is 2.92. The Morgan fingerprint density at radius 2 is 2.08 bits per heavy atom. The van der Waals surface area contributed by atoms with Crippen molar-refractivity contribution in [2.24, 2.45) is 0 Å². The van der Waals surface area contributed by atoms with Crippen molar-refractivity contribution in [3.05, 3.63) is 48.5 Å². The van der Waals surface area contributed by atoms with Gasteiger partial charge in [-0.2, -0.15) is 0 Å². The molecule has 3 heterocycles. The van der Waals surface area contributed by atoms with Gasteiger partial charge in [0.05, 0.1) is 18.1 Å². The van der Waals surface area contributed by atoms with E-state index in [0.29, 0.717) is 33.8 Å². The van der Waals surface area contributed by atoms with Crippen LogP contribution in [-0.4, -0.2) is 37.6 Å². The maximum atomic E-state index is 13.6. The molecule has 0 aliphatic rings. The quantitative estimate of drug-likeness (QED) is 0.510. The third-order valence-corrected chi connectivity index (χ3v) is 3.97. The number of hydrogen-bond acceptors (Lipinski definition) is 5. The van der Waals surface area contributed by atoms with E-state index in [1.54, 1.807) is 6.20 Å². The molecule has 0 amide bonds. The van der Waals surface area contributed by atoms with E-state index >= 15 is 0 Å². The van der Waals surface area contributed by atoms with Crippen LogP contribution in [-0.2, 0) is 4.79 Å². The molecule has 26 heavy (non-hydrogen) atoms. The van der Waals surface area contributed by atoms with E-state index in [-0.39, 0.29) is 13.0 Å². The van der Waals surface area contributed by atoms with Crippen LogP contribution in [0.5, 0.6) is 0 Å². The van der Waals surface area contributed by atoms with Crippen LogP contribution < -0.4 is 5.32 Å². The molecule has 0 aliphatic heterocycles. The lowest BCUT2D eigenvalue weighted by atomic mass is 10.2. The van der Waals surface area contributed by atoms with Crippen LogP contribution in [0.3, 0.4) is 0 Å². The van der Waals surface area contributed by atoms with E-state index in [0.717, 1.165) is 11.6 Å². The van der Waals surface area contributed by atoms with Crippen molar-refractivity contribution in [2.75, 3.05) is 11.9 Å². The van der Waals surface area contributed by atoms with Gasteiger partial charge in [-0.1, -0.05) is 12.1 Å². The number of halogens is 1. The van der Waals surface area contributed by atoms with Crippen LogP contribution in [0.2, 0.25) is 0 Å². The number of fused-ring (bicyclic) bond motifs is 2. The standard InChI is InChI=1S/C18H14FN5O2/c19-10-7-12-13(9-22-16(12)21-8-10)18-23-14-4-2-1-3-11(14)17(24-18)20-6-5-15(25)26/h1-4,7-9H,5-6H2,(H,21,22)(H,25,26)(H,20,23,24). The first-order valence-electron chi connectivity index (χ1n) is 7.97. The van der Waals surface area contributed by atoms with Gasteiger partial charge in [0.2, 0.25) is 0 Å². The first-order chi connectivity index (χ1) is 12.6. The van der Waals surface area contributed by atoms with Crippen molar-refractivity contribution in [3.8, 4) is 11.4 Å². The Hall–Kier alpha value is -3.55. The highest BCUT2D eigenvalue weighted by atomic mass is 19.1. The Bertz CT molecular complexity index is 1130. The molecule has 7 nitrogen and oxygen atoms in total. The number of aliphatic carboxylic acids is 1. The first-order valence-corrected chi connectivity index (χ1v) is 7.97. The van der Waals surface area contributed by atoms with Crippen LogP contribution in [0.4, 0.5) is 10.2 Å². The number of anilines is 1. The van der Waals surface area contributed by atoms with E-state index in [1.807, 2.05) is 24.3 Å². The van der Waals surface area contributed by atoms with Crippen molar-refractivity contribution < 1.29 is 14.3 Å². The molecule has 0 fully saturated rings. The molecule has 0 radical (unpaired) electrons. The number of rotatable bonds is 5. The van der Waals surface area contributed by atoms with Crippen molar-refractivity contribution in [2.45, 2.75) is 6.42 Å². The number of carbonyl (C=O) groups is 1. The molecule has 8 heteroatoms. The summed E-state index contributed by atoms with van der Waals surface area (Å²) in [6.07, 6.45) is 2.79. The Morgan fingerprint density at radius 3 is 2.92 bits per heavy atom. The highest BCUT2D eigenvalue weighted by Gasteiger charge is 2.14. The average Bonchev–Trinajstić information content (AvgIpc) is 3.04. The fourth-order valence-electron chi connectivity index (χ4n) is 2.78. The number of nitrogens with zero attached hydrogens (tertiary/aromatic N) is 3. The topological polar surface area (TPSA) is 104 Å². The maximum absolute atomic E-state index is 13.6. The van der Waals surface area contributed by atoms with Gasteiger partial charge in [-0.05, 0) is 18.2 Å². The molecule has 3 N–H and O–H groups in total. The maximum Gasteiger partial charge on any atom is 0.305 e. The van der Waals surface area contributed by atoms with E-state index in [2.05, 4.69) is 25.3 Å². The van der Waals surface area contributed by atoms with Crippen molar-refractivity contribution in [1.82, 2.24) is 19.9 Å². The van der Waals surface area contributed by atoms with Crippen LogP contribution in [0.1, 0.15) is 6.42 Å². The van der Waals surface area contributed by atoms with E-state index < -0.39 is 11.8 Å². The Kier molecular flexibility index (Phi) is 3.92. The molecule has 4 rings (SSSR count). The lowest BCUT2D eigenvalue weighted by Gasteiger charge is -2.10. The third-order valence-electron chi connectivity index (χ3n) is 3.97. The van der Waals surface area contributed by atoms with Gasteiger partial charge < -0.3 is 15.4 Å². The van der Waals surface area contributed by atoms with E-state index in [9.17, 15) is 9.18 Å². The number of nitrogens with one attached hydrogen (secondary N) is 2. The Morgan fingerprint density at radius 1 is 1.23 bits per heavy atom. The summed E-state index contributed by atoms with van der Waals surface area (Å²) in [5.41, 5.74) is 1.87. The molecule has 4 aromatic rings. The molecular weight excluding hydrogens is 337 g/mol. The number of benzene rings is 1. The van der Waals surface area contributed by atoms with Gasteiger partial charge in [-0.15, -0.1) is 0 Å². The van der Waals surface area contributed by atoms with Gasteiger partial charge in [-0.3, -0.25) is 4.79 Å². The normalized spacial score (nSPS) is 11.1. The highest BCUT2D eigenvalue weighted by Crippen LogP contribution is 2.29. The molecule has 0 atom stereocenters. The predicted octanol–water partition coefficient (Wildman–Crippen LogP) is 3.20. The summed E-state index contributed by atoms with van der Waals surface area (Å²) in [7, 11) is 0. The summed E-state index contributed by atoms with van der Waals surface area (Å²) < 4.78 is 13.6.